The minimum atomic E-state index is -0.274. The van der Waals surface area contributed by atoms with E-state index in [9.17, 15) is 0 Å². The maximum atomic E-state index is 6.31. The Bertz CT molecular complexity index is 319. The zero-order valence-electron chi connectivity index (χ0n) is 8.49. The molecule has 2 rings (SSSR count). The summed E-state index contributed by atoms with van der Waals surface area (Å²) < 4.78 is 5.31. The molecule has 3 nitrogen and oxygen atoms in total. The third-order valence-electron chi connectivity index (χ3n) is 2.78. The zero-order valence-corrected chi connectivity index (χ0v) is 8.49. The Labute approximate surface area is 84.3 Å². The van der Waals surface area contributed by atoms with Crippen LogP contribution in [0.25, 0.3) is 0 Å². The predicted molar refractivity (Wildman–Crippen MR) is 54.9 cm³/mol. The van der Waals surface area contributed by atoms with Crippen LogP contribution in [0.1, 0.15) is 24.2 Å². The van der Waals surface area contributed by atoms with Gasteiger partial charge in [0.15, 0.2) is 0 Å². The molecule has 1 fully saturated rings. The number of aryl methyl sites for hydroxylation is 1. The van der Waals surface area contributed by atoms with Crippen molar-refractivity contribution in [3.05, 3.63) is 29.6 Å². The second-order valence-electron chi connectivity index (χ2n) is 3.93. The maximum Gasteiger partial charge on any atom is 0.0627 e. The molecule has 0 spiro atoms. The van der Waals surface area contributed by atoms with E-state index in [0.717, 1.165) is 37.4 Å². The Kier molecular flexibility index (Phi) is 2.52. The van der Waals surface area contributed by atoms with Crippen molar-refractivity contribution in [2.24, 2.45) is 5.73 Å². The second-order valence-corrected chi connectivity index (χ2v) is 3.93. The molecule has 1 aromatic heterocycles. The van der Waals surface area contributed by atoms with Gasteiger partial charge >= 0.3 is 0 Å². The molecular formula is C11H16N2O. The molecular weight excluding hydrogens is 176 g/mol. The van der Waals surface area contributed by atoms with Crippen LogP contribution >= 0.6 is 0 Å². The first-order valence-electron chi connectivity index (χ1n) is 5.01. The molecule has 76 valence electrons. The third-order valence-corrected chi connectivity index (χ3v) is 2.78. The average Bonchev–Trinajstić information content (AvgIpc) is 2.19. The minimum Gasteiger partial charge on any atom is -0.381 e. The minimum absolute atomic E-state index is 0.274. The van der Waals surface area contributed by atoms with E-state index in [1.807, 2.05) is 25.1 Å². The number of nitrogens with zero attached hydrogens (tertiary/aromatic N) is 1. The van der Waals surface area contributed by atoms with E-state index in [-0.39, 0.29) is 5.54 Å². The summed E-state index contributed by atoms with van der Waals surface area (Å²) in [6.45, 7) is 3.48. The summed E-state index contributed by atoms with van der Waals surface area (Å²) in [5.74, 6) is 0. The van der Waals surface area contributed by atoms with Crippen LogP contribution in [-0.2, 0) is 10.3 Å². The Morgan fingerprint density at radius 1 is 1.36 bits per heavy atom. The molecule has 0 saturated carbocycles. The highest BCUT2D eigenvalue weighted by Crippen LogP contribution is 2.27. The summed E-state index contributed by atoms with van der Waals surface area (Å²) in [5.41, 5.74) is 8.06. The van der Waals surface area contributed by atoms with Gasteiger partial charge in [0.25, 0.3) is 0 Å². The van der Waals surface area contributed by atoms with E-state index in [0.29, 0.717) is 0 Å². The first-order valence-corrected chi connectivity index (χ1v) is 5.01. The molecule has 2 heterocycles. The lowest BCUT2D eigenvalue weighted by molar-refractivity contribution is 0.0507. The maximum absolute atomic E-state index is 6.31. The highest BCUT2D eigenvalue weighted by atomic mass is 16.5. The van der Waals surface area contributed by atoms with Gasteiger partial charge in [-0.25, -0.2) is 0 Å². The van der Waals surface area contributed by atoms with Gasteiger partial charge < -0.3 is 10.5 Å². The molecule has 0 radical (unpaired) electrons. The second kappa shape index (κ2) is 3.67. The molecule has 0 bridgehead atoms. The number of ether oxygens (including phenoxy) is 1. The SMILES string of the molecule is Cc1cccc(C2(N)CCOCC2)n1. The smallest absolute Gasteiger partial charge is 0.0627 e. The molecule has 1 saturated heterocycles. The van der Waals surface area contributed by atoms with Gasteiger partial charge in [0.1, 0.15) is 0 Å². The van der Waals surface area contributed by atoms with Gasteiger partial charge in [-0.05, 0) is 31.9 Å². The molecule has 0 unspecified atom stereocenters. The fourth-order valence-corrected chi connectivity index (χ4v) is 1.81. The molecule has 1 aliphatic heterocycles. The van der Waals surface area contributed by atoms with Crippen molar-refractivity contribution in [2.45, 2.75) is 25.3 Å². The van der Waals surface area contributed by atoms with E-state index in [4.69, 9.17) is 10.5 Å². The molecule has 3 heteroatoms. The van der Waals surface area contributed by atoms with Crippen molar-refractivity contribution in [1.82, 2.24) is 4.98 Å². The highest BCUT2D eigenvalue weighted by Gasteiger charge is 2.31. The van der Waals surface area contributed by atoms with Gasteiger partial charge in [-0.1, -0.05) is 6.07 Å². The molecule has 0 aromatic carbocycles. The highest BCUT2D eigenvalue weighted by molar-refractivity contribution is 5.18. The van der Waals surface area contributed by atoms with Crippen molar-refractivity contribution in [2.75, 3.05) is 13.2 Å². The van der Waals surface area contributed by atoms with Crippen LogP contribution in [0.4, 0.5) is 0 Å². The number of nitrogens with two attached hydrogens (primary N) is 1. The normalized spacial score (nSPS) is 20.7. The third kappa shape index (κ3) is 1.79. The fourth-order valence-electron chi connectivity index (χ4n) is 1.81. The lowest BCUT2D eigenvalue weighted by atomic mass is 9.87. The summed E-state index contributed by atoms with van der Waals surface area (Å²) in [6, 6.07) is 6.02. The van der Waals surface area contributed by atoms with Crippen LogP contribution in [0.15, 0.2) is 18.2 Å². The van der Waals surface area contributed by atoms with Crippen molar-refractivity contribution in [1.29, 1.82) is 0 Å². The van der Waals surface area contributed by atoms with Gasteiger partial charge in [0.2, 0.25) is 0 Å². The largest absolute Gasteiger partial charge is 0.381 e. The Balaban J connectivity index is 2.28. The summed E-state index contributed by atoms with van der Waals surface area (Å²) in [7, 11) is 0. The topological polar surface area (TPSA) is 48.1 Å². The van der Waals surface area contributed by atoms with Crippen molar-refractivity contribution >= 4 is 0 Å². The number of hydrogen-bond donors (Lipinski definition) is 1. The Morgan fingerprint density at radius 3 is 2.71 bits per heavy atom. The predicted octanol–water partition coefficient (Wildman–Crippen LogP) is 1.35. The van der Waals surface area contributed by atoms with Gasteiger partial charge in [-0.3, -0.25) is 4.98 Å². The van der Waals surface area contributed by atoms with Crippen LogP contribution in [0, 0.1) is 6.92 Å². The number of hydrogen-bond acceptors (Lipinski definition) is 3. The monoisotopic (exact) mass is 192 g/mol. The van der Waals surface area contributed by atoms with Gasteiger partial charge in [0, 0.05) is 18.9 Å². The summed E-state index contributed by atoms with van der Waals surface area (Å²) in [5, 5.41) is 0. The van der Waals surface area contributed by atoms with E-state index in [2.05, 4.69) is 4.98 Å². The zero-order chi connectivity index (χ0) is 10.0. The molecule has 1 aromatic rings. The van der Waals surface area contributed by atoms with Crippen molar-refractivity contribution in [3.8, 4) is 0 Å². The van der Waals surface area contributed by atoms with Gasteiger partial charge in [0.05, 0.1) is 11.2 Å². The molecule has 1 aliphatic rings. The van der Waals surface area contributed by atoms with E-state index < -0.39 is 0 Å². The lowest BCUT2D eigenvalue weighted by Crippen LogP contribution is -2.42. The first-order chi connectivity index (χ1) is 6.71. The van der Waals surface area contributed by atoms with Crippen LogP contribution in [0.5, 0.6) is 0 Å². The van der Waals surface area contributed by atoms with Gasteiger partial charge in [-0.2, -0.15) is 0 Å². The molecule has 0 aliphatic carbocycles. The van der Waals surface area contributed by atoms with E-state index in [1.54, 1.807) is 0 Å². The van der Waals surface area contributed by atoms with Crippen molar-refractivity contribution < 1.29 is 4.74 Å². The number of aromatic nitrogens is 1. The Morgan fingerprint density at radius 2 is 2.07 bits per heavy atom. The van der Waals surface area contributed by atoms with E-state index in [1.165, 1.54) is 0 Å². The van der Waals surface area contributed by atoms with Crippen LogP contribution in [-0.4, -0.2) is 18.2 Å². The molecule has 0 atom stereocenters. The molecule has 14 heavy (non-hydrogen) atoms. The lowest BCUT2D eigenvalue weighted by Gasteiger charge is -2.32. The standard InChI is InChI=1S/C11H16N2O/c1-9-3-2-4-10(13-9)11(12)5-7-14-8-6-11/h2-4H,5-8,12H2,1H3. The molecule has 2 N–H and O–H groups in total. The number of rotatable bonds is 1. The average molecular weight is 192 g/mol. The van der Waals surface area contributed by atoms with Crippen LogP contribution < -0.4 is 5.73 Å². The number of pyridine rings is 1. The Hall–Kier alpha value is -0.930. The van der Waals surface area contributed by atoms with Crippen LogP contribution in [0.3, 0.4) is 0 Å². The fraction of sp³-hybridized carbons (Fsp3) is 0.545. The first kappa shape index (κ1) is 9.62. The van der Waals surface area contributed by atoms with Gasteiger partial charge in [-0.15, -0.1) is 0 Å². The van der Waals surface area contributed by atoms with Crippen molar-refractivity contribution in [3.63, 3.8) is 0 Å². The summed E-state index contributed by atoms with van der Waals surface area (Å²) in [4.78, 5) is 4.49. The van der Waals surface area contributed by atoms with Crippen LogP contribution in [0.2, 0.25) is 0 Å². The molecule has 0 amide bonds. The summed E-state index contributed by atoms with van der Waals surface area (Å²) >= 11 is 0. The quantitative estimate of drug-likeness (QED) is 0.730. The van der Waals surface area contributed by atoms with E-state index >= 15 is 0 Å². The summed E-state index contributed by atoms with van der Waals surface area (Å²) in [6.07, 6.45) is 1.73.